The highest BCUT2D eigenvalue weighted by atomic mass is 16.4. The minimum absolute atomic E-state index is 0.0257. The Kier molecular flexibility index (Phi) is 3.96. The largest absolute Gasteiger partial charge is 0.477 e. The molecule has 4 N–H and O–H groups in total. The first-order valence-electron chi connectivity index (χ1n) is 4.72. The number of aromatic nitrogens is 1. The van der Waals surface area contributed by atoms with E-state index in [4.69, 9.17) is 10.8 Å². The summed E-state index contributed by atoms with van der Waals surface area (Å²) in [4.78, 5) is 25.4. The number of carbonyl (C=O) groups excluding carboxylic acids is 1. The molecule has 0 spiro atoms. The Labute approximate surface area is 92.5 Å². The molecule has 0 fully saturated rings. The summed E-state index contributed by atoms with van der Waals surface area (Å²) in [6.07, 6.45) is 1.41. The van der Waals surface area contributed by atoms with E-state index >= 15 is 0 Å². The molecule has 1 heterocycles. The Hall–Kier alpha value is -1.95. The zero-order chi connectivity index (χ0) is 12.1. The fourth-order valence-electron chi connectivity index (χ4n) is 1.01. The van der Waals surface area contributed by atoms with Gasteiger partial charge in [-0.05, 0) is 18.6 Å². The van der Waals surface area contributed by atoms with E-state index in [1.54, 1.807) is 13.0 Å². The van der Waals surface area contributed by atoms with Crippen LogP contribution in [0, 0.1) is 0 Å². The molecule has 1 rings (SSSR count). The lowest BCUT2D eigenvalue weighted by atomic mass is 10.2. The van der Waals surface area contributed by atoms with Gasteiger partial charge in [0.15, 0.2) is 0 Å². The molecule has 0 aliphatic rings. The second-order valence-electron chi connectivity index (χ2n) is 3.36. The summed E-state index contributed by atoms with van der Waals surface area (Å²) >= 11 is 0. The molecule has 0 aliphatic carbocycles. The van der Waals surface area contributed by atoms with Gasteiger partial charge in [0, 0.05) is 12.7 Å². The summed E-state index contributed by atoms with van der Waals surface area (Å²) in [5.74, 6) is -1.34. The van der Waals surface area contributed by atoms with Crippen LogP contribution < -0.4 is 11.1 Å². The third-order valence-corrected chi connectivity index (χ3v) is 1.92. The van der Waals surface area contributed by atoms with E-state index < -0.39 is 12.0 Å². The van der Waals surface area contributed by atoms with Crippen LogP contribution in [0.25, 0.3) is 0 Å². The molecule has 16 heavy (non-hydrogen) atoms. The molecule has 1 aromatic rings. The topological polar surface area (TPSA) is 105 Å². The van der Waals surface area contributed by atoms with Gasteiger partial charge in [-0.2, -0.15) is 0 Å². The number of carboxylic acids is 1. The summed E-state index contributed by atoms with van der Waals surface area (Å²) in [5, 5.41) is 11.2. The van der Waals surface area contributed by atoms with E-state index in [1.165, 1.54) is 12.3 Å². The molecule has 0 bridgehead atoms. The van der Waals surface area contributed by atoms with Crippen LogP contribution in [0.4, 0.5) is 0 Å². The van der Waals surface area contributed by atoms with Crippen molar-refractivity contribution < 1.29 is 14.7 Å². The molecule has 6 nitrogen and oxygen atoms in total. The molecule has 0 unspecified atom stereocenters. The van der Waals surface area contributed by atoms with Crippen molar-refractivity contribution in [3.8, 4) is 0 Å². The van der Waals surface area contributed by atoms with Gasteiger partial charge in [0.1, 0.15) is 5.69 Å². The van der Waals surface area contributed by atoms with Crippen molar-refractivity contribution >= 4 is 11.9 Å². The standard InChI is InChI=1S/C10H13N3O3/c1-6(11)9(14)13-5-7-2-3-8(10(15)16)12-4-7/h2-4,6H,5,11H2,1H3,(H,13,14)(H,15,16)/t6-/m0/s1. The smallest absolute Gasteiger partial charge is 0.354 e. The van der Waals surface area contributed by atoms with Crippen molar-refractivity contribution in [2.45, 2.75) is 19.5 Å². The lowest BCUT2D eigenvalue weighted by molar-refractivity contribution is -0.122. The van der Waals surface area contributed by atoms with Crippen molar-refractivity contribution in [2.75, 3.05) is 0 Å². The maximum atomic E-state index is 11.1. The third kappa shape index (κ3) is 3.32. The lowest BCUT2D eigenvalue weighted by Gasteiger charge is -2.07. The van der Waals surface area contributed by atoms with Gasteiger partial charge in [-0.3, -0.25) is 4.79 Å². The average Bonchev–Trinajstić information content (AvgIpc) is 2.26. The number of rotatable bonds is 4. The number of nitrogens with one attached hydrogen (secondary N) is 1. The van der Waals surface area contributed by atoms with E-state index in [2.05, 4.69) is 10.3 Å². The number of pyridine rings is 1. The summed E-state index contributed by atoms with van der Waals surface area (Å²) in [6.45, 7) is 1.87. The second-order valence-corrected chi connectivity index (χ2v) is 3.36. The molecule has 1 amide bonds. The molecule has 0 saturated carbocycles. The van der Waals surface area contributed by atoms with E-state index in [0.717, 1.165) is 5.56 Å². The number of aromatic carboxylic acids is 1. The first-order chi connectivity index (χ1) is 7.50. The van der Waals surface area contributed by atoms with Crippen LogP contribution in [-0.2, 0) is 11.3 Å². The highest BCUT2D eigenvalue weighted by Gasteiger charge is 2.07. The lowest BCUT2D eigenvalue weighted by Crippen LogP contribution is -2.37. The van der Waals surface area contributed by atoms with Gasteiger partial charge in [-0.25, -0.2) is 9.78 Å². The van der Waals surface area contributed by atoms with E-state index in [1.807, 2.05) is 0 Å². The molecule has 0 aliphatic heterocycles. The fraction of sp³-hybridized carbons (Fsp3) is 0.300. The van der Waals surface area contributed by atoms with Gasteiger partial charge in [0.05, 0.1) is 6.04 Å². The SMILES string of the molecule is C[C@H](N)C(=O)NCc1ccc(C(=O)O)nc1. The Morgan fingerprint density at radius 3 is 2.69 bits per heavy atom. The van der Waals surface area contributed by atoms with Crippen LogP contribution in [0.3, 0.4) is 0 Å². The molecule has 6 heteroatoms. The van der Waals surface area contributed by atoms with Gasteiger partial charge in [-0.1, -0.05) is 6.07 Å². The van der Waals surface area contributed by atoms with Crippen molar-refractivity contribution in [3.05, 3.63) is 29.6 Å². The number of amides is 1. The molecule has 0 saturated heterocycles. The molecule has 0 aromatic carbocycles. The quantitative estimate of drug-likeness (QED) is 0.652. The van der Waals surface area contributed by atoms with E-state index in [9.17, 15) is 9.59 Å². The number of nitrogens with zero attached hydrogens (tertiary/aromatic N) is 1. The van der Waals surface area contributed by atoms with Gasteiger partial charge < -0.3 is 16.2 Å². The minimum Gasteiger partial charge on any atom is -0.477 e. The maximum absolute atomic E-state index is 11.1. The molecule has 1 atom stereocenters. The van der Waals surface area contributed by atoms with Crippen molar-refractivity contribution in [3.63, 3.8) is 0 Å². The number of carbonyl (C=O) groups is 2. The summed E-state index contributed by atoms with van der Waals surface area (Å²) in [7, 11) is 0. The first-order valence-corrected chi connectivity index (χ1v) is 4.72. The minimum atomic E-state index is -1.08. The first kappa shape index (κ1) is 12.1. The zero-order valence-electron chi connectivity index (χ0n) is 8.80. The number of hydrogen-bond donors (Lipinski definition) is 3. The number of hydrogen-bond acceptors (Lipinski definition) is 4. The Morgan fingerprint density at radius 2 is 2.25 bits per heavy atom. The predicted molar refractivity (Wildman–Crippen MR) is 56.7 cm³/mol. The number of carboxylic acid groups (broad SMARTS) is 1. The average molecular weight is 223 g/mol. The van der Waals surface area contributed by atoms with Gasteiger partial charge in [-0.15, -0.1) is 0 Å². The van der Waals surface area contributed by atoms with Gasteiger partial charge in [0.2, 0.25) is 5.91 Å². The van der Waals surface area contributed by atoms with E-state index in [0.29, 0.717) is 0 Å². The highest BCUT2D eigenvalue weighted by Crippen LogP contribution is 2.00. The molecule has 1 aromatic heterocycles. The van der Waals surface area contributed by atoms with Crippen LogP contribution in [0.1, 0.15) is 23.0 Å². The van der Waals surface area contributed by atoms with Crippen LogP contribution >= 0.6 is 0 Å². The van der Waals surface area contributed by atoms with Crippen molar-refractivity contribution in [2.24, 2.45) is 5.73 Å². The molecular weight excluding hydrogens is 210 g/mol. The third-order valence-electron chi connectivity index (χ3n) is 1.92. The second kappa shape index (κ2) is 5.22. The monoisotopic (exact) mass is 223 g/mol. The van der Waals surface area contributed by atoms with E-state index in [-0.39, 0.29) is 18.1 Å². The van der Waals surface area contributed by atoms with Crippen LogP contribution in [-0.4, -0.2) is 28.0 Å². The van der Waals surface area contributed by atoms with Crippen LogP contribution in [0.15, 0.2) is 18.3 Å². The molecule has 86 valence electrons. The normalized spacial score (nSPS) is 11.9. The molecular formula is C10H13N3O3. The Morgan fingerprint density at radius 1 is 1.56 bits per heavy atom. The van der Waals surface area contributed by atoms with Crippen LogP contribution in [0.2, 0.25) is 0 Å². The van der Waals surface area contributed by atoms with Crippen molar-refractivity contribution in [1.82, 2.24) is 10.3 Å². The molecule has 0 radical (unpaired) electrons. The van der Waals surface area contributed by atoms with Gasteiger partial charge in [0.25, 0.3) is 0 Å². The van der Waals surface area contributed by atoms with Crippen LogP contribution in [0.5, 0.6) is 0 Å². The van der Waals surface area contributed by atoms with Crippen molar-refractivity contribution in [1.29, 1.82) is 0 Å². The Balaban J connectivity index is 2.56. The summed E-state index contributed by atoms with van der Waals surface area (Å²) in [6, 6.07) is 2.42. The Bertz CT molecular complexity index is 387. The number of nitrogens with two attached hydrogens (primary N) is 1. The highest BCUT2D eigenvalue weighted by molar-refractivity contribution is 5.85. The predicted octanol–water partition coefficient (Wildman–Crippen LogP) is -0.257. The van der Waals surface area contributed by atoms with Gasteiger partial charge >= 0.3 is 5.97 Å². The zero-order valence-corrected chi connectivity index (χ0v) is 8.80. The fourth-order valence-corrected chi connectivity index (χ4v) is 1.01. The summed E-state index contributed by atoms with van der Waals surface area (Å²) < 4.78 is 0. The summed E-state index contributed by atoms with van der Waals surface area (Å²) in [5.41, 5.74) is 6.05. The maximum Gasteiger partial charge on any atom is 0.354 e.